The Morgan fingerprint density at radius 1 is 1.13 bits per heavy atom. The molecular weight excluding hydrogens is 388 g/mol. The summed E-state index contributed by atoms with van der Waals surface area (Å²) < 4.78 is 6.36. The molecule has 3 N–H and O–H groups in total. The van der Waals surface area contributed by atoms with Crippen molar-refractivity contribution in [2.24, 2.45) is 5.73 Å². The average Bonchev–Trinajstić information content (AvgIpc) is 3.28. The number of aryl methyl sites for hydroxylation is 1. The van der Waals surface area contributed by atoms with Crippen molar-refractivity contribution in [3.8, 4) is 11.4 Å². The minimum Gasteiger partial charge on any atom is -0.367 e. The molecule has 1 aromatic carbocycles. The summed E-state index contributed by atoms with van der Waals surface area (Å²) in [7, 11) is 0. The van der Waals surface area contributed by atoms with Gasteiger partial charge in [-0.25, -0.2) is 0 Å². The molecule has 31 heavy (non-hydrogen) atoms. The highest BCUT2D eigenvalue weighted by atomic mass is 16.5. The number of rotatable bonds is 5. The standard InChI is InChI=1S/C24H30N6O/c1-19-6-3-2-4-17-31-24(11-14-26-15-12-24)18-22(19)20-7-9-21(10-8-20)23-27-29-30(28-23)16-5-13-25/h2-4,6-10,18,26H,1,5,11-17,25H2/b4-2-,6-3-,22-18+. The molecule has 2 aromatic rings. The summed E-state index contributed by atoms with van der Waals surface area (Å²) >= 11 is 0. The van der Waals surface area contributed by atoms with Crippen LogP contribution in [-0.4, -0.2) is 52.0 Å². The summed E-state index contributed by atoms with van der Waals surface area (Å²) in [5, 5.41) is 16.2. The normalized spacial score (nSPS) is 22.6. The minimum absolute atomic E-state index is 0.287. The Labute approximate surface area is 183 Å². The van der Waals surface area contributed by atoms with Crippen LogP contribution >= 0.6 is 0 Å². The molecule has 0 bridgehead atoms. The van der Waals surface area contributed by atoms with Crippen LogP contribution in [0.1, 0.15) is 24.8 Å². The fraction of sp³-hybridized carbons (Fsp3) is 0.375. The van der Waals surface area contributed by atoms with E-state index in [1.807, 2.05) is 24.3 Å². The molecule has 0 atom stereocenters. The summed E-state index contributed by atoms with van der Waals surface area (Å²) in [6, 6.07) is 8.26. The molecule has 1 fully saturated rings. The van der Waals surface area contributed by atoms with Gasteiger partial charge in [-0.3, -0.25) is 0 Å². The number of hydrogen-bond acceptors (Lipinski definition) is 6. The number of nitrogens with one attached hydrogen (secondary N) is 1. The summed E-state index contributed by atoms with van der Waals surface area (Å²) in [5.74, 6) is 0.616. The number of nitrogens with zero attached hydrogens (tertiary/aromatic N) is 4. The fourth-order valence-corrected chi connectivity index (χ4v) is 3.90. The lowest BCUT2D eigenvalue weighted by Gasteiger charge is -2.36. The first kappa shape index (κ1) is 21.4. The number of nitrogens with two attached hydrogens (primary N) is 1. The molecule has 0 amide bonds. The van der Waals surface area contributed by atoms with Gasteiger partial charge in [0.05, 0.1) is 18.8 Å². The third-order valence-corrected chi connectivity index (χ3v) is 5.68. The van der Waals surface area contributed by atoms with Crippen LogP contribution in [0.2, 0.25) is 0 Å². The summed E-state index contributed by atoms with van der Waals surface area (Å²) in [4.78, 5) is 1.60. The van der Waals surface area contributed by atoms with Crippen molar-refractivity contribution in [2.75, 3.05) is 26.2 Å². The number of allylic oxidation sites excluding steroid dienone is 5. The molecule has 0 unspecified atom stereocenters. The number of ether oxygens (including phenoxy) is 1. The predicted molar refractivity (Wildman–Crippen MR) is 123 cm³/mol. The smallest absolute Gasteiger partial charge is 0.204 e. The molecule has 1 spiro atoms. The van der Waals surface area contributed by atoms with Crippen molar-refractivity contribution in [3.05, 3.63) is 72.4 Å². The summed E-state index contributed by atoms with van der Waals surface area (Å²) in [5.41, 5.74) is 9.36. The van der Waals surface area contributed by atoms with E-state index < -0.39 is 0 Å². The number of aromatic nitrogens is 4. The van der Waals surface area contributed by atoms with Gasteiger partial charge in [-0.05, 0) is 66.9 Å². The van der Waals surface area contributed by atoms with Gasteiger partial charge in [-0.2, -0.15) is 4.80 Å². The van der Waals surface area contributed by atoms with Gasteiger partial charge < -0.3 is 15.8 Å². The van der Waals surface area contributed by atoms with E-state index in [2.05, 4.69) is 57.7 Å². The largest absolute Gasteiger partial charge is 0.367 e. The molecule has 0 radical (unpaired) electrons. The van der Waals surface area contributed by atoms with Crippen molar-refractivity contribution < 1.29 is 4.74 Å². The molecule has 3 heterocycles. The van der Waals surface area contributed by atoms with Crippen LogP contribution in [0.4, 0.5) is 0 Å². The minimum atomic E-state index is -0.287. The topological polar surface area (TPSA) is 90.9 Å². The maximum absolute atomic E-state index is 6.36. The van der Waals surface area contributed by atoms with Gasteiger partial charge in [-0.15, -0.1) is 10.2 Å². The van der Waals surface area contributed by atoms with Crippen molar-refractivity contribution in [1.82, 2.24) is 25.5 Å². The van der Waals surface area contributed by atoms with Crippen LogP contribution in [0.3, 0.4) is 0 Å². The van der Waals surface area contributed by atoms with E-state index in [1.165, 1.54) is 0 Å². The lowest BCUT2D eigenvalue weighted by Crippen LogP contribution is -2.43. The molecule has 7 nitrogen and oxygen atoms in total. The lowest BCUT2D eigenvalue weighted by molar-refractivity contribution is -0.0133. The van der Waals surface area contributed by atoms with Crippen LogP contribution in [-0.2, 0) is 11.3 Å². The average molecular weight is 419 g/mol. The van der Waals surface area contributed by atoms with E-state index in [4.69, 9.17) is 10.5 Å². The van der Waals surface area contributed by atoms with Gasteiger partial charge in [0.15, 0.2) is 0 Å². The third-order valence-electron chi connectivity index (χ3n) is 5.68. The molecular formula is C24H30N6O. The molecule has 1 aromatic heterocycles. The maximum atomic E-state index is 6.36. The number of tetrazole rings is 1. The molecule has 1 saturated heterocycles. The van der Waals surface area contributed by atoms with Crippen molar-refractivity contribution >= 4 is 5.57 Å². The molecule has 162 valence electrons. The summed E-state index contributed by atoms with van der Waals surface area (Å²) in [6.45, 7) is 8.10. The van der Waals surface area contributed by atoms with Crippen LogP contribution in [0, 0.1) is 0 Å². The van der Waals surface area contributed by atoms with E-state index in [0.29, 0.717) is 25.5 Å². The molecule has 2 aliphatic heterocycles. The highest BCUT2D eigenvalue weighted by Gasteiger charge is 2.31. The van der Waals surface area contributed by atoms with Gasteiger partial charge in [0.1, 0.15) is 0 Å². The SMILES string of the molecule is C=C1/C=C\C=C/COC2(/C=C\1c1ccc(-c3nnn(CCCN)n3)cc1)CCNCC2. The summed E-state index contributed by atoms with van der Waals surface area (Å²) in [6.07, 6.45) is 13.1. The first-order chi connectivity index (χ1) is 15.2. The fourth-order valence-electron chi connectivity index (χ4n) is 3.90. The molecule has 0 aliphatic carbocycles. The Morgan fingerprint density at radius 3 is 2.68 bits per heavy atom. The lowest BCUT2D eigenvalue weighted by atomic mass is 9.85. The predicted octanol–water partition coefficient (Wildman–Crippen LogP) is 2.89. The maximum Gasteiger partial charge on any atom is 0.204 e. The van der Waals surface area contributed by atoms with E-state index in [9.17, 15) is 0 Å². The van der Waals surface area contributed by atoms with Crippen LogP contribution in [0.25, 0.3) is 17.0 Å². The second-order valence-corrected chi connectivity index (χ2v) is 7.92. The second-order valence-electron chi connectivity index (χ2n) is 7.92. The molecule has 2 aliphatic rings. The zero-order valence-corrected chi connectivity index (χ0v) is 17.8. The first-order valence-electron chi connectivity index (χ1n) is 10.9. The Hall–Kier alpha value is -2.87. The molecule has 0 saturated carbocycles. The van der Waals surface area contributed by atoms with Crippen LogP contribution in [0.15, 0.2) is 66.8 Å². The van der Waals surface area contributed by atoms with Gasteiger partial charge >= 0.3 is 0 Å². The van der Waals surface area contributed by atoms with E-state index in [1.54, 1.807) is 4.80 Å². The van der Waals surface area contributed by atoms with Crippen molar-refractivity contribution in [1.29, 1.82) is 0 Å². The van der Waals surface area contributed by atoms with Gasteiger partial charge in [-0.1, -0.05) is 55.1 Å². The zero-order valence-electron chi connectivity index (χ0n) is 17.8. The first-order valence-corrected chi connectivity index (χ1v) is 10.9. The zero-order chi connectivity index (χ0) is 21.5. The third kappa shape index (κ3) is 5.25. The van der Waals surface area contributed by atoms with Gasteiger partial charge in [0.25, 0.3) is 0 Å². The number of piperidine rings is 1. The Bertz CT molecular complexity index is 980. The van der Waals surface area contributed by atoms with Crippen molar-refractivity contribution in [2.45, 2.75) is 31.4 Å². The highest BCUT2D eigenvalue weighted by Crippen LogP contribution is 2.33. The number of benzene rings is 1. The van der Waals surface area contributed by atoms with Gasteiger partial charge in [0.2, 0.25) is 5.82 Å². The quantitative estimate of drug-likeness (QED) is 0.776. The van der Waals surface area contributed by atoms with Crippen LogP contribution < -0.4 is 11.1 Å². The van der Waals surface area contributed by atoms with E-state index >= 15 is 0 Å². The number of hydrogen-bond donors (Lipinski definition) is 2. The van der Waals surface area contributed by atoms with E-state index in [-0.39, 0.29) is 5.60 Å². The highest BCUT2D eigenvalue weighted by molar-refractivity contribution is 5.82. The Balaban J connectivity index is 1.64. The monoisotopic (exact) mass is 418 g/mol. The van der Waals surface area contributed by atoms with Crippen molar-refractivity contribution in [3.63, 3.8) is 0 Å². The molecule has 7 heteroatoms. The Kier molecular flexibility index (Phi) is 6.86. The molecule has 4 rings (SSSR count). The van der Waals surface area contributed by atoms with Gasteiger partial charge in [0, 0.05) is 5.56 Å². The van der Waals surface area contributed by atoms with Crippen LogP contribution in [0.5, 0.6) is 0 Å². The van der Waals surface area contributed by atoms with E-state index in [0.717, 1.165) is 54.6 Å². The second kappa shape index (κ2) is 9.96. The Morgan fingerprint density at radius 2 is 1.90 bits per heavy atom.